The molecule has 2 N–H and O–H groups in total. The third kappa shape index (κ3) is 3.37. The number of alkyl halides is 2. The van der Waals surface area contributed by atoms with Crippen molar-refractivity contribution in [3.8, 4) is 0 Å². The van der Waals surface area contributed by atoms with E-state index in [-0.39, 0.29) is 5.56 Å². The number of aliphatic hydroxyl groups is 1. The summed E-state index contributed by atoms with van der Waals surface area (Å²) in [5.41, 5.74) is -0.944. The van der Waals surface area contributed by atoms with E-state index in [1.54, 1.807) is 0 Å². The number of hydrogen-bond donors (Lipinski definition) is 2. The minimum atomic E-state index is -3.50. The van der Waals surface area contributed by atoms with E-state index in [1.165, 1.54) is 4.90 Å². The van der Waals surface area contributed by atoms with Gasteiger partial charge in [-0.15, -0.1) is 0 Å². The van der Waals surface area contributed by atoms with Crippen molar-refractivity contribution >= 4 is 5.69 Å². The van der Waals surface area contributed by atoms with Crippen LogP contribution in [0.25, 0.3) is 0 Å². The second-order valence-electron chi connectivity index (χ2n) is 5.08. The first-order valence-electron chi connectivity index (χ1n) is 6.74. The van der Waals surface area contributed by atoms with Crippen molar-refractivity contribution in [2.45, 2.75) is 12.0 Å². The van der Waals surface area contributed by atoms with E-state index in [9.17, 15) is 23.3 Å². The molecule has 0 spiro atoms. The SMILES string of the molecule is O=[N+]([O-])c1cc([C@H](N2CCNCC2)C(F)(F)CO)ccc1F. The average molecular weight is 319 g/mol. The zero-order chi connectivity index (χ0) is 16.3. The monoisotopic (exact) mass is 319 g/mol. The molecule has 9 heteroatoms. The molecule has 6 nitrogen and oxygen atoms in total. The first-order chi connectivity index (χ1) is 10.4. The lowest BCUT2D eigenvalue weighted by Crippen LogP contribution is -2.51. The number of rotatable bonds is 5. The molecule has 22 heavy (non-hydrogen) atoms. The van der Waals surface area contributed by atoms with Crippen molar-refractivity contribution in [1.29, 1.82) is 0 Å². The predicted molar refractivity (Wildman–Crippen MR) is 72.3 cm³/mol. The smallest absolute Gasteiger partial charge is 0.305 e. The highest BCUT2D eigenvalue weighted by Gasteiger charge is 2.44. The Morgan fingerprint density at radius 3 is 2.59 bits per heavy atom. The van der Waals surface area contributed by atoms with Gasteiger partial charge in [0.1, 0.15) is 12.6 Å². The molecule has 0 radical (unpaired) electrons. The molecule has 0 saturated carbocycles. The van der Waals surface area contributed by atoms with Gasteiger partial charge in [-0.25, -0.2) is 8.78 Å². The molecule has 0 amide bonds. The first-order valence-corrected chi connectivity index (χ1v) is 6.74. The molecule has 0 bridgehead atoms. The summed E-state index contributed by atoms with van der Waals surface area (Å²) < 4.78 is 41.7. The Bertz CT molecular complexity index is 551. The molecule has 1 atom stereocenters. The molecule has 0 unspecified atom stereocenters. The zero-order valence-electron chi connectivity index (χ0n) is 11.6. The summed E-state index contributed by atoms with van der Waals surface area (Å²) in [7, 11) is 0. The molecule has 1 heterocycles. The molecule has 0 aromatic heterocycles. The van der Waals surface area contributed by atoms with Gasteiger partial charge in [0.25, 0.3) is 5.92 Å². The maximum atomic E-state index is 14.1. The largest absolute Gasteiger partial charge is 0.390 e. The molecule has 1 aromatic rings. The molecule has 1 aliphatic heterocycles. The van der Waals surface area contributed by atoms with Crippen molar-refractivity contribution in [2.24, 2.45) is 0 Å². The van der Waals surface area contributed by atoms with Gasteiger partial charge in [0.05, 0.1) is 4.92 Å². The fourth-order valence-corrected chi connectivity index (χ4v) is 2.59. The predicted octanol–water partition coefficient (Wildman–Crippen LogP) is 1.31. The van der Waals surface area contributed by atoms with Crippen LogP contribution in [0.1, 0.15) is 11.6 Å². The van der Waals surface area contributed by atoms with Crippen molar-refractivity contribution in [3.05, 3.63) is 39.7 Å². The van der Waals surface area contributed by atoms with Gasteiger partial charge in [0.2, 0.25) is 5.82 Å². The number of piperazine rings is 1. The standard InChI is InChI=1S/C13H16F3N3O3/c14-10-2-1-9(7-11(10)19(21)22)12(13(15,16)8-20)18-5-3-17-4-6-18/h1-2,7,12,17,20H,3-6,8H2/t12-/m0/s1. The Hall–Kier alpha value is -1.71. The van der Waals surface area contributed by atoms with Crippen molar-refractivity contribution in [3.63, 3.8) is 0 Å². The first kappa shape index (κ1) is 16.7. The summed E-state index contributed by atoms with van der Waals surface area (Å²) in [4.78, 5) is 11.3. The lowest BCUT2D eigenvalue weighted by Gasteiger charge is -2.38. The van der Waals surface area contributed by atoms with Crippen LogP contribution in [0.2, 0.25) is 0 Å². The van der Waals surface area contributed by atoms with Gasteiger partial charge in [-0.05, 0) is 11.6 Å². The van der Waals surface area contributed by atoms with Crippen LogP contribution in [-0.4, -0.2) is 53.6 Å². The van der Waals surface area contributed by atoms with Gasteiger partial charge in [-0.2, -0.15) is 4.39 Å². The number of aliphatic hydroxyl groups excluding tert-OH is 1. The number of halogens is 3. The second-order valence-corrected chi connectivity index (χ2v) is 5.08. The maximum Gasteiger partial charge on any atom is 0.305 e. The lowest BCUT2D eigenvalue weighted by atomic mass is 9.97. The number of nitrogens with zero attached hydrogens (tertiary/aromatic N) is 2. The molecule has 1 aromatic carbocycles. The minimum absolute atomic E-state index is 0.0888. The topological polar surface area (TPSA) is 78.6 Å². The van der Waals surface area contributed by atoms with Gasteiger partial charge < -0.3 is 10.4 Å². The molecule has 2 rings (SSSR count). The van der Waals surface area contributed by atoms with Crippen molar-refractivity contribution in [2.75, 3.05) is 32.8 Å². The Morgan fingerprint density at radius 1 is 1.41 bits per heavy atom. The van der Waals surface area contributed by atoms with Crippen LogP contribution in [0.4, 0.5) is 18.9 Å². The number of benzene rings is 1. The Labute approximate surface area is 124 Å². The van der Waals surface area contributed by atoms with Crippen LogP contribution in [0, 0.1) is 15.9 Å². The van der Waals surface area contributed by atoms with E-state index in [0.717, 1.165) is 18.2 Å². The summed E-state index contributed by atoms with van der Waals surface area (Å²) in [5.74, 6) is -4.58. The summed E-state index contributed by atoms with van der Waals surface area (Å²) in [6.07, 6.45) is 0. The Morgan fingerprint density at radius 2 is 2.05 bits per heavy atom. The van der Waals surface area contributed by atoms with Crippen molar-refractivity contribution in [1.82, 2.24) is 10.2 Å². The van der Waals surface area contributed by atoms with Crippen LogP contribution in [0.15, 0.2) is 18.2 Å². The fourth-order valence-electron chi connectivity index (χ4n) is 2.59. The molecule has 1 fully saturated rings. The van der Waals surface area contributed by atoms with E-state index in [1.807, 2.05) is 0 Å². The zero-order valence-corrected chi connectivity index (χ0v) is 11.6. The molecule has 1 aliphatic rings. The highest BCUT2D eigenvalue weighted by Crippen LogP contribution is 2.38. The van der Waals surface area contributed by atoms with Gasteiger partial charge in [0, 0.05) is 32.2 Å². The Balaban J connectivity index is 2.44. The molecular formula is C13H16F3N3O3. The second kappa shape index (κ2) is 6.59. The number of nitro groups is 1. The normalized spacial score (nSPS) is 18.2. The third-order valence-corrected chi connectivity index (χ3v) is 3.61. The quantitative estimate of drug-likeness (QED) is 0.632. The summed E-state index contributed by atoms with van der Waals surface area (Å²) in [6, 6.07) is 1.17. The van der Waals surface area contributed by atoms with E-state index in [4.69, 9.17) is 5.11 Å². The molecule has 122 valence electrons. The third-order valence-electron chi connectivity index (χ3n) is 3.61. The number of nitrogens with one attached hydrogen (secondary N) is 1. The van der Waals surface area contributed by atoms with Gasteiger partial charge in [0.15, 0.2) is 0 Å². The summed E-state index contributed by atoms with van der Waals surface area (Å²) >= 11 is 0. The highest BCUT2D eigenvalue weighted by atomic mass is 19.3. The summed E-state index contributed by atoms with van der Waals surface area (Å²) in [5, 5.41) is 22.8. The van der Waals surface area contributed by atoms with E-state index >= 15 is 0 Å². The molecular weight excluding hydrogens is 303 g/mol. The van der Waals surface area contributed by atoms with E-state index in [2.05, 4.69) is 5.32 Å². The van der Waals surface area contributed by atoms with Gasteiger partial charge >= 0.3 is 5.69 Å². The van der Waals surface area contributed by atoms with Crippen LogP contribution in [0.3, 0.4) is 0 Å². The van der Waals surface area contributed by atoms with E-state index < -0.39 is 35.0 Å². The number of nitro benzene ring substituents is 1. The van der Waals surface area contributed by atoms with Crippen LogP contribution in [0.5, 0.6) is 0 Å². The lowest BCUT2D eigenvalue weighted by molar-refractivity contribution is -0.387. The number of hydrogen-bond acceptors (Lipinski definition) is 5. The Kier molecular flexibility index (Phi) is 4.99. The van der Waals surface area contributed by atoms with Gasteiger partial charge in [-0.3, -0.25) is 15.0 Å². The average Bonchev–Trinajstić information content (AvgIpc) is 2.50. The van der Waals surface area contributed by atoms with Crippen LogP contribution < -0.4 is 5.32 Å². The molecule has 0 aliphatic carbocycles. The van der Waals surface area contributed by atoms with Crippen LogP contribution >= 0.6 is 0 Å². The van der Waals surface area contributed by atoms with Gasteiger partial charge in [-0.1, -0.05) is 6.07 Å². The summed E-state index contributed by atoms with van der Waals surface area (Å²) in [6.45, 7) is 0.173. The maximum absolute atomic E-state index is 14.1. The van der Waals surface area contributed by atoms with Crippen molar-refractivity contribution < 1.29 is 23.2 Å². The molecule has 1 saturated heterocycles. The van der Waals surface area contributed by atoms with E-state index in [0.29, 0.717) is 26.2 Å². The minimum Gasteiger partial charge on any atom is -0.390 e. The van der Waals surface area contributed by atoms with Crippen LogP contribution in [-0.2, 0) is 0 Å². The highest BCUT2D eigenvalue weighted by molar-refractivity contribution is 5.38. The fraction of sp³-hybridized carbons (Fsp3) is 0.538.